The fourth-order valence-electron chi connectivity index (χ4n) is 3.58. The van der Waals surface area contributed by atoms with Gasteiger partial charge in [-0.3, -0.25) is 4.79 Å². The van der Waals surface area contributed by atoms with Gasteiger partial charge in [-0.2, -0.15) is 5.10 Å². The van der Waals surface area contributed by atoms with E-state index in [2.05, 4.69) is 22.6 Å². The highest BCUT2D eigenvalue weighted by molar-refractivity contribution is 6.03. The van der Waals surface area contributed by atoms with E-state index in [4.69, 9.17) is 9.15 Å². The summed E-state index contributed by atoms with van der Waals surface area (Å²) >= 11 is 0. The van der Waals surface area contributed by atoms with E-state index >= 15 is 0 Å². The van der Waals surface area contributed by atoms with Crippen LogP contribution in [0.25, 0.3) is 0 Å². The molecule has 0 fully saturated rings. The number of aryl methyl sites for hydroxylation is 2. The molecule has 0 saturated heterocycles. The fraction of sp³-hybridized carbons (Fsp3) is 0.250. The van der Waals surface area contributed by atoms with E-state index in [9.17, 15) is 4.79 Å². The third kappa shape index (κ3) is 4.08. The average Bonchev–Trinajstić information content (AvgIpc) is 3.42. The number of nitrogens with one attached hydrogen (secondary N) is 1. The second-order valence-corrected chi connectivity index (χ2v) is 7.44. The molecule has 2 aromatic carbocycles. The van der Waals surface area contributed by atoms with E-state index in [1.165, 1.54) is 10.6 Å². The topological polar surface area (TPSA) is 67.1 Å². The molecule has 1 amide bonds. The van der Waals surface area contributed by atoms with Crippen molar-refractivity contribution >= 4 is 17.3 Å². The Kier molecular flexibility index (Phi) is 5.57. The molecular formula is C24H25N3O3. The van der Waals surface area contributed by atoms with Gasteiger partial charge in [-0.1, -0.05) is 35.9 Å². The van der Waals surface area contributed by atoms with Crippen LogP contribution in [0.2, 0.25) is 0 Å². The molecule has 0 radical (unpaired) electrons. The number of benzene rings is 2. The maximum Gasteiger partial charge on any atom is 0.262 e. The van der Waals surface area contributed by atoms with Crippen LogP contribution >= 0.6 is 0 Å². The highest BCUT2D eigenvalue weighted by Crippen LogP contribution is 2.33. The lowest BCUT2D eigenvalue weighted by atomic mass is 10.0. The van der Waals surface area contributed by atoms with Crippen molar-refractivity contribution in [2.24, 2.45) is 5.10 Å². The van der Waals surface area contributed by atoms with Crippen LogP contribution in [-0.2, 0) is 4.79 Å². The van der Waals surface area contributed by atoms with E-state index in [0.717, 1.165) is 28.3 Å². The van der Waals surface area contributed by atoms with Gasteiger partial charge in [-0.25, -0.2) is 5.01 Å². The molecule has 2 heterocycles. The molecule has 1 N–H and O–H groups in total. The standard InChI is InChI=1S/C24H25N3O3/c1-16-6-9-18(10-7-16)19-14-21(23-5-4-12-30-23)27(26-19)24(28)15-25-20-13-17(2)8-11-22(20)29-3/h4-13,21,25H,14-15H2,1-3H3/t21-/m1/s1. The fourth-order valence-corrected chi connectivity index (χ4v) is 3.58. The SMILES string of the molecule is COc1ccc(C)cc1NCC(=O)N1N=C(c2ccc(C)cc2)C[C@@H]1c1ccco1. The van der Waals surface area contributed by atoms with Crippen LogP contribution in [0.15, 0.2) is 70.4 Å². The minimum absolute atomic E-state index is 0.0989. The molecule has 6 nitrogen and oxygen atoms in total. The zero-order valence-electron chi connectivity index (χ0n) is 17.4. The molecule has 0 saturated carbocycles. The third-order valence-corrected chi connectivity index (χ3v) is 5.21. The number of carbonyl (C=O) groups is 1. The van der Waals surface area contributed by atoms with Gasteiger partial charge in [0.15, 0.2) is 0 Å². The molecule has 1 aliphatic heterocycles. The predicted octanol–water partition coefficient (Wildman–Crippen LogP) is 4.69. The number of hydrogen-bond donors (Lipinski definition) is 1. The molecule has 0 spiro atoms. The van der Waals surface area contributed by atoms with Gasteiger partial charge in [0.05, 0.1) is 31.3 Å². The lowest BCUT2D eigenvalue weighted by molar-refractivity contribution is -0.131. The summed E-state index contributed by atoms with van der Waals surface area (Å²) in [5.74, 6) is 1.28. The Morgan fingerprint density at radius 2 is 1.93 bits per heavy atom. The summed E-state index contributed by atoms with van der Waals surface area (Å²) < 4.78 is 11.0. The summed E-state index contributed by atoms with van der Waals surface area (Å²) in [5, 5.41) is 9.39. The minimum Gasteiger partial charge on any atom is -0.495 e. The number of hydrogen-bond acceptors (Lipinski definition) is 5. The Morgan fingerprint density at radius 3 is 2.63 bits per heavy atom. The highest BCUT2D eigenvalue weighted by atomic mass is 16.5. The van der Waals surface area contributed by atoms with Crippen LogP contribution in [0.5, 0.6) is 5.75 Å². The van der Waals surface area contributed by atoms with E-state index < -0.39 is 0 Å². The molecule has 1 aromatic heterocycles. The van der Waals surface area contributed by atoms with Gasteiger partial charge >= 0.3 is 0 Å². The molecule has 3 aromatic rings. The quantitative estimate of drug-likeness (QED) is 0.648. The second kappa shape index (κ2) is 8.45. The molecule has 0 aliphatic carbocycles. The largest absolute Gasteiger partial charge is 0.495 e. The van der Waals surface area contributed by atoms with E-state index in [1.807, 2.05) is 56.3 Å². The smallest absolute Gasteiger partial charge is 0.262 e. The van der Waals surface area contributed by atoms with Crippen molar-refractivity contribution in [2.45, 2.75) is 26.3 Å². The van der Waals surface area contributed by atoms with Gasteiger partial charge < -0.3 is 14.5 Å². The van der Waals surface area contributed by atoms with Crippen molar-refractivity contribution in [3.63, 3.8) is 0 Å². The maximum atomic E-state index is 13.1. The van der Waals surface area contributed by atoms with Crippen molar-refractivity contribution in [3.05, 3.63) is 83.3 Å². The number of ether oxygens (including phenoxy) is 1. The van der Waals surface area contributed by atoms with Gasteiger partial charge in [0.2, 0.25) is 0 Å². The first kappa shape index (κ1) is 19.8. The van der Waals surface area contributed by atoms with Crippen LogP contribution in [0.1, 0.15) is 34.9 Å². The van der Waals surface area contributed by atoms with Crippen molar-refractivity contribution in [1.29, 1.82) is 0 Å². The molecule has 6 heteroatoms. The molecule has 1 atom stereocenters. The predicted molar refractivity (Wildman–Crippen MR) is 117 cm³/mol. The number of hydrazone groups is 1. The second-order valence-electron chi connectivity index (χ2n) is 7.44. The summed E-state index contributed by atoms with van der Waals surface area (Å²) in [6.07, 6.45) is 2.23. The lowest BCUT2D eigenvalue weighted by Gasteiger charge is -2.20. The van der Waals surface area contributed by atoms with Gasteiger partial charge in [-0.15, -0.1) is 0 Å². The first-order valence-corrected chi connectivity index (χ1v) is 9.93. The zero-order chi connectivity index (χ0) is 21.1. The lowest BCUT2D eigenvalue weighted by Crippen LogP contribution is -2.32. The van der Waals surface area contributed by atoms with E-state index in [0.29, 0.717) is 12.2 Å². The Labute approximate surface area is 176 Å². The summed E-state index contributed by atoms with van der Waals surface area (Å²) in [7, 11) is 1.61. The van der Waals surface area contributed by atoms with Crippen molar-refractivity contribution < 1.29 is 13.9 Å². The molecular weight excluding hydrogens is 378 g/mol. The number of anilines is 1. The molecule has 1 aliphatic rings. The number of furan rings is 1. The first-order chi connectivity index (χ1) is 14.5. The molecule has 0 unspecified atom stereocenters. The molecule has 154 valence electrons. The third-order valence-electron chi connectivity index (χ3n) is 5.21. The van der Waals surface area contributed by atoms with Crippen LogP contribution < -0.4 is 10.1 Å². The number of rotatable bonds is 6. The Morgan fingerprint density at radius 1 is 1.17 bits per heavy atom. The summed E-state index contributed by atoms with van der Waals surface area (Å²) in [6.45, 7) is 4.15. The van der Waals surface area contributed by atoms with Crippen molar-refractivity contribution in [1.82, 2.24) is 5.01 Å². The van der Waals surface area contributed by atoms with Crippen LogP contribution in [0.4, 0.5) is 5.69 Å². The van der Waals surface area contributed by atoms with Gasteiger partial charge in [-0.05, 0) is 49.2 Å². The van der Waals surface area contributed by atoms with E-state index in [1.54, 1.807) is 13.4 Å². The summed E-state index contributed by atoms with van der Waals surface area (Å²) in [6, 6.07) is 17.5. The monoisotopic (exact) mass is 403 g/mol. The van der Waals surface area contributed by atoms with Gasteiger partial charge in [0, 0.05) is 6.42 Å². The number of methoxy groups -OCH3 is 1. The van der Waals surface area contributed by atoms with Crippen molar-refractivity contribution in [2.75, 3.05) is 19.0 Å². The highest BCUT2D eigenvalue weighted by Gasteiger charge is 2.34. The summed E-state index contributed by atoms with van der Waals surface area (Å²) in [5.41, 5.74) is 4.94. The van der Waals surface area contributed by atoms with Gasteiger partial charge in [0.1, 0.15) is 17.6 Å². The van der Waals surface area contributed by atoms with Crippen LogP contribution in [-0.4, -0.2) is 30.3 Å². The number of nitrogens with zero attached hydrogens (tertiary/aromatic N) is 2. The Hall–Kier alpha value is -3.54. The van der Waals surface area contributed by atoms with Crippen LogP contribution in [0.3, 0.4) is 0 Å². The molecule has 0 bridgehead atoms. The zero-order valence-corrected chi connectivity index (χ0v) is 17.4. The number of carbonyl (C=O) groups excluding carboxylic acids is 1. The van der Waals surface area contributed by atoms with Crippen LogP contribution in [0, 0.1) is 13.8 Å². The average molecular weight is 403 g/mol. The molecule has 30 heavy (non-hydrogen) atoms. The molecule has 4 rings (SSSR count). The van der Waals surface area contributed by atoms with Gasteiger partial charge in [0.25, 0.3) is 5.91 Å². The normalized spacial score (nSPS) is 15.8. The first-order valence-electron chi connectivity index (χ1n) is 9.93. The maximum absolute atomic E-state index is 13.1. The number of amides is 1. The Bertz CT molecular complexity index is 1060. The summed E-state index contributed by atoms with van der Waals surface area (Å²) in [4.78, 5) is 13.1. The Balaban J connectivity index is 1.56. The minimum atomic E-state index is -0.259. The van der Waals surface area contributed by atoms with E-state index in [-0.39, 0.29) is 18.5 Å². The van der Waals surface area contributed by atoms with Crippen molar-refractivity contribution in [3.8, 4) is 5.75 Å².